The molecule has 0 aromatic heterocycles. The number of nitrogens with zero attached hydrogens (tertiary/aromatic N) is 1. The molecule has 1 atom stereocenters. The normalized spacial score (nSPS) is 22.9. The highest BCUT2D eigenvalue weighted by Gasteiger charge is 2.40. The molecule has 1 aromatic rings. The van der Waals surface area contributed by atoms with Gasteiger partial charge in [0.2, 0.25) is 0 Å². The number of aliphatic hydroxyl groups is 1. The minimum absolute atomic E-state index is 0.0889. The number of rotatable bonds is 5. The Morgan fingerprint density at radius 2 is 1.66 bits per heavy atom. The number of hydrogen-bond acceptors (Lipinski definition) is 3. The number of aliphatic hydroxyl groups excluding tert-OH is 1. The third-order valence-corrected chi connectivity index (χ3v) is 5.91. The maximum absolute atomic E-state index is 14.0. The first-order chi connectivity index (χ1) is 13.3. The van der Waals surface area contributed by atoms with Gasteiger partial charge >= 0.3 is 6.36 Å². The molecule has 3 rings (SSSR count). The molecule has 0 saturated heterocycles. The minimum Gasteiger partial charge on any atom is -0.504 e. The molecule has 2 aliphatic rings. The van der Waals surface area contributed by atoms with Gasteiger partial charge in [-0.3, -0.25) is 4.90 Å². The molecule has 1 heterocycles. The summed E-state index contributed by atoms with van der Waals surface area (Å²) < 4.78 is 69.8. The zero-order valence-corrected chi connectivity index (χ0v) is 16.5. The minimum atomic E-state index is -4.87. The molecule has 0 amide bonds. The summed E-state index contributed by atoms with van der Waals surface area (Å²) in [7, 11) is 0. The summed E-state index contributed by atoms with van der Waals surface area (Å²) in [5, 5.41) is 9.71. The Hall–Kier alpha value is -2.09. The number of ether oxygens (including phenoxy) is 1. The molecule has 8 heteroatoms. The number of alkyl halides is 3. The van der Waals surface area contributed by atoms with Gasteiger partial charge in [0.15, 0.2) is 5.76 Å². The highest BCUT2D eigenvalue weighted by molar-refractivity contribution is 5.34. The van der Waals surface area contributed by atoms with Crippen molar-refractivity contribution in [1.82, 2.24) is 4.90 Å². The molecule has 1 aromatic carbocycles. The number of hydrogen-bond donors (Lipinski definition) is 1. The van der Waals surface area contributed by atoms with Gasteiger partial charge in [-0.05, 0) is 50.3 Å². The Morgan fingerprint density at radius 3 is 2.17 bits per heavy atom. The molecule has 1 aliphatic heterocycles. The van der Waals surface area contributed by atoms with Crippen LogP contribution in [-0.2, 0) is 17.8 Å². The van der Waals surface area contributed by atoms with Crippen LogP contribution < -0.4 is 0 Å². The van der Waals surface area contributed by atoms with Crippen LogP contribution in [0.15, 0.2) is 35.8 Å². The average molecular weight is 417 g/mol. The van der Waals surface area contributed by atoms with Crippen LogP contribution in [0.4, 0.5) is 22.0 Å². The van der Waals surface area contributed by atoms with E-state index >= 15 is 0 Å². The van der Waals surface area contributed by atoms with Gasteiger partial charge in [-0.25, -0.2) is 8.78 Å². The Morgan fingerprint density at radius 1 is 1.10 bits per heavy atom. The molecule has 0 spiro atoms. The lowest BCUT2D eigenvalue weighted by atomic mass is 9.76. The molecule has 0 fully saturated rings. The number of fused-ring (bicyclic) bond motifs is 1. The van der Waals surface area contributed by atoms with E-state index in [-0.39, 0.29) is 19.5 Å². The standard InChI is InChI=1S/C21H24F5NO2/c1-19(2,27-11-13-14(12-27)16(23)5-4-15(13)22)8-9-20(3)7-6-17(28)18(10-20)29-21(24,25)26/h4-7,28H,8-12H2,1-3H3. The van der Waals surface area contributed by atoms with E-state index in [9.17, 15) is 27.1 Å². The predicted molar refractivity (Wildman–Crippen MR) is 97.6 cm³/mol. The first-order valence-electron chi connectivity index (χ1n) is 9.38. The zero-order valence-electron chi connectivity index (χ0n) is 16.5. The fourth-order valence-electron chi connectivity index (χ4n) is 3.88. The van der Waals surface area contributed by atoms with Crippen molar-refractivity contribution >= 4 is 0 Å². The molecule has 29 heavy (non-hydrogen) atoms. The van der Waals surface area contributed by atoms with Crippen LogP contribution in [0, 0.1) is 17.0 Å². The molecule has 0 bridgehead atoms. The topological polar surface area (TPSA) is 32.7 Å². The van der Waals surface area contributed by atoms with E-state index in [0.29, 0.717) is 24.0 Å². The smallest absolute Gasteiger partial charge is 0.504 e. The van der Waals surface area contributed by atoms with E-state index in [1.165, 1.54) is 6.08 Å². The van der Waals surface area contributed by atoms with Crippen LogP contribution in [0.25, 0.3) is 0 Å². The van der Waals surface area contributed by atoms with Crippen molar-refractivity contribution in [1.29, 1.82) is 0 Å². The first-order valence-corrected chi connectivity index (χ1v) is 9.38. The van der Waals surface area contributed by atoms with E-state index in [1.54, 1.807) is 13.0 Å². The quantitative estimate of drug-likeness (QED) is 0.587. The van der Waals surface area contributed by atoms with Crippen molar-refractivity contribution in [3.05, 3.63) is 58.6 Å². The Labute approximate surface area is 166 Å². The van der Waals surface area contributed by atoms with Gasteiger partial charge in [-0.2, -0.15) is 0 Å². The van der Waals surface area contributed by atoms with E-state index in [0.717, 1.165) is 12.1 Å². The maximum atomic E-state index is 14.0. The van der Waals surface area contributed by atoms with E-state index in [4.69, 9.17) is 0 Å². The Kier molecular flexibility index (Phi) is 5.45. The van der Waals surface area contributed by atoms with Gasteiger partial charge in [0.1, 0.15) is 17.4 Å². The van der Waals surface area contributed by atoms with E-state index in [1.807, 2.05) is 18.7 Å². The van der Waals surface area contributed by atoms with Crippen molar-refractivity contribution in [2.75, 3.05) is 0 Å². The largest absolute Gasteiger partial charge is 0.572 e. The highest BCUT2D eigenvalue weighted by atomic mass is 19.4. The van der Waals surface area contributed by atoms with Gasteiger partial charge in [-0.15, -0.1) is 13.2 Å². The fraction of sp³-hybridized carbons (Fsp3) is 0.524. The SMILES string of the molecule is CC1(CCC(C)(C)N2Cc3c(F)ccc(F)c3C2)C=CC(O)=C(OC(F)(F)F)C1. The molecular weight excluding hydrogens is 393 g/mol. The van der Waals surface area contributed by atoms with Crippen LogP contribution in [0.3, 0.4) is 0 Å². The zero-order chi connectivity index (χ0) is 21.6. The Balaban J connectivity index is 1.67. The van der Waals surface area contributed by atoms with Gasteiger partial charge in [0.25, 0.3) is 0 Å². The molecule has 1 aliphatic carbocycles. The van der Waals surface area contributed by atoms with Gasteiger partial charge < -0.3 is 9.84 Å². The molecule has 3 nitrogen and oxygen atoms in total. The van der Waals surface area contributed by atoms with Crippen LogP contribution in [0.2, 0.25) is 0 Å². The van der Waals surface area contributed by atoms with Crippen molar-refractivity contribution in [2.24, 2.45) is 5.41 Å². The maximum Gasteiger partial charge on any atom is 0.572 e. The second-order valence-electron chi connectivity index (χ2n) is 8.68. The molecule has 160 valence electrons. The summed E-state index contributed by atoms with van der Waals surface area (Å²) in [5.41, 5.74) is -0.373. The van der Waals surface area contributed by atoms with Crippen LogP contribution >= 0.6 is 0 Å². The van der Waals surface area contributed by atoms with Crippen LogP contribution in [0.1, 0.15) is 51.2 Å². The molecule has 0 radical (unpaired) electrons. The lowest BCUT2D eigenvalue weighted by molar-refractivity contribution is -0.308. The van der Waals surface area contributed by atoms with Crippen molar-refractivity contribution < 1.29 is 31.8 Å². The molecule has 1 N–H and O–H groups in total. The number of allylic oxidation sites excluding steroid dienone is 3. The van der Waals surface area contributed by atoms with Crippen LogP contribution in [0.5, 0.6) is 0 Å². The van der Waals surface area contributed by atoms with E-state index in [2.05, 4.69) is 4.74 Å². The first kappa shape index (κ1) is 21.6. The second-order valence-corrected chi connectivity index (χ2v) is 8.68. The number of halogens is 5. The summed E-state index contributed by atoms with van der Waals surface area (Å²) >= 11 is 0. The summed E-state index contributed by atoms with van der Waals surface area (Å²) in [4.78, 5) is 1.97. The summed E-state index contributed by atoms with van der Waals surface area (Å²) in [6.45, 7) is 6.25. The molecule has 1 unspecified atom stereocenters. The second kappa shape index (κ2) is 7.31. The number of benzene rings is 1. The molecule has 0 saturated carbocycles. The lowest BCUT2D eigenvalue weighted by Gasteiger charge is -2.39. The van der Waals surface area contributed by atoms with E-state index < -0.39 is 40.5 Å². The predicted octanol–water partition coefficient (Wildman–Crippen LogP) is 6.11. The fourth-order valence-corrected chi connectivity index (χ4v) is 3.88. The molecular formula is C21H24F5NO2. The van der Waals surface area contributed by atoms with Crippen molar-refractivity contribution in [3.63, 3.8) is 0 Å². The third-order valence-electron chi connectivity index (χ3n) is 5.91. The Bertz CT molecular complexity index is 828. The van der Waals surface area contributed by atoms with Crippen molar-refractivity contribution in [2.45, 2.75) is 65.0 Å². The van der Waals surface area contributed by atoms with Gasteiger partial charge in [-0.1, -0.05) is 13.0 Å². The lowest BCUT2D eigenvalue weighted by Crippen LogP contribution is -2.41. The highest BCUT2D eigenvalue weighted by Crippen LogP contribution is 2.43. The third kappa shape index (κ3) is 4.74. The van der Waals surface area contributed by atoms with Crippen molar-refractivity contribution in [3.8, 4) is 0 Å². The van der Waals surface area contributed by atoms with Gasteiger partial charge in [0, 0.05) is 36.2 Å². The average Bonchev–Trinajstić information content (AvgIpc) is 3.07. The monoisotopic (exact) mass is 417 g/mol. The summed E-state index contributed by atoms with van der Waals surface area (Å²) in [5.74, 6) is -1.90. The van der Waals surface area contributed by atoms with Crippen LogP contribution in [-0.4, -0.2) is 21.9 Å². The van der Waals surface area contributed by atoms with Gasteiger partial charge in [0.05, 0.1) is 0 Å². The summed E-state index contributed by atoms with van der Waals surface area (Å²) in [6, 6.07) is 2.25. The summed E-state index contributed by atoms with van der Waals surface area (Å²) in [6.07, 6.45) is -0.969.